The molecule has 0 aliphatic carbocycles. The maximum Gasteiger partial charge on any atom is 0.264 e. The largest absolute Gasteiger partial charge is 0.346 e. The summed E-state index contributed by atoms with van der Waals surface area (Å²) in [6, 6.07) is 11.7. The lowest BCUT2D eigenvalue weighted by Crippen LogP contribution is -2.28. The van der Waals surface area contributed by atoms with E-state index in [0.717, 1.165) is 36.5 Å². The highest BCUT2D eigenvalue weighted by Crippen LogP contribution is 2.19. The zero-order valence-corrected chi connectivity index (χ0v) is 14.6. The van der Waals surface area contributed by atoms with Crippen LogP contribution in [-0.4, -0.2) is 37.3 Å². The number of hydrogen-bond donors (Lipinski definition) is 1. The Morgan fingerprint density at radius 2 is 2.12 bits per heavy atom. The molecular weight excluding hydrogens is 332 g/mol. The van der Waals surface area contributed by atoms with Crippen LogP contribution < -0.4 is 5.32 Å². The Labute approximate surface area is 150 Å². The molecule has 0 bridgehead atoms. The Bertz CT molecular complexity index is 902. The first kappa shape index (κ1) is 16.3. The number of nitrogens with zero attached hydrogens (tertiary/aromatic N) is 5. The molecule has 3 heterocycles. The number of nitrogens with one attached hydrogen (secondary N) is 1. The van der Waals surface area contributed by atoms with E-state index in [2.05, 4.69) is 20.6 Å². The van der Waals surface area contributed by atoms with Gasteiger partial charge in [0.15, 0.2) is 0 Å². The van der Waals surface area contributed by atoms with Gasteiger partial charge in [-0.15, -0.1) is 0 Å². The molecule has 4 rings (SSSR count). The highest BCUT2D eigenvalue weighted by molar-refractivity contribution is 5.73. The van der Waals surface area contributed by atoms with Crippen LogP contribution in [0, 0.1) is 0 Å². The van der Waals surface area contributed by atoms with E-state index in [1.54, 1.807) is 6.92 Å². The SMILES string of the molecule is CC(=O)N1CCCn2nc(CNc3noc(-c4ccccc4)n3)cc2C1. The molecule has 0 spiro atoms. The highest BCUT2D eigenvalue weighted by Gasteiger charge is 2.18. The molecule has 8 heteroatoms. The molecule has 1 N–H and O–H groups in total. The van der Waals surface area contributed by atoms with Gasteiger partial charge in [0.1, 0.15) is 0 Å². The molecule has 0 saturated carbocycles. The van der Waals surface area contributed by atoms with Crippen LogP contribution in [0.4, 0.5) is 5.95 Å². The van der Waals surface area contributed by atoms with Gasteiger partial charge in [0, 0.05) is 25.6 Å². The number of benzene rings is 1. The fraction of sp³-hybridized carbons (Fsp3) is 0.333. The maximum absolute atomic E-state index is 11.7. The topological polar surface area (TPSA) is 89.1 Å². The van der Waals surface area contributed by atoms with Crippen molar-refractivity contribution in [3.05, 3.63) is 47.8 Å². The van der Waals surface area contributed by atoms with Gasteiger partial charge >= 0.3 is 0 Å². The average Bonchev–Trinajstić information content (AvgIpc) is 3.22. The molecule has 0 atom stereocenters. The highest BCUT2D eigenvalue weighted by atomic mass is 16.5. The maximum atomic E-state index is 11.7. The lowest BCUT2D eigenvalue weighted by molar-refractivity contribution is -0.129. The van der Waals surface area contributed by atoms with E-state index in [1.807, 2.05) is 46.0 Å². The normalized spacial score (nSPS) is 14.0. The van der Waals surface area contributed by atoms with Crippen molar-refractivity contribution >= 4 is 11.9 Å². The number of rotatable bonds is 4. The van der Waals surface area contributed by atoms with Crippen LogP contribution in [0.15, 0.2) is 40.9 Å². The van der Waals surface area contributed by atoms with Gasteiger partial charge in [-0.2, -0.15) is 10.1 Å². The average molecular weight is 352 g/mol. The van der Waals surface area contributed by atoms with E-state index >= 15 is 0 Å². The van der Waals surface area contributed by atoms with E-state index in [1.165, 1.54) is 0 Å². The molecule has 134 valence electrons. The predicted octanol–water partition coefficient (Wildman–Crippen LogP) is 2.30. The Balaban J connectivity index is 1.42. The Morgan fingerprint density at radius 3 is 2.92 bits per heavy atom. The molecule has 8 nitrogen and oxygen atoms in total. The molecule has 3 aromatic rings. The summed E-state index contributed by atoms with van der Waals surface area (Å²) in [5.74, 6) is 1.00. The van der Waals surface area contributed by atoms with Crippen LogP contribution in [0.1, 0.15) is 24.7 Å². The molecule has 1 aromatic carbocycles. The number of fused-ring (bicyclic) bond motifs is 1. The molecule has 1 aliphatic rings. The first-order chi connectivity index (χ1) is 12.7. The molecule has 0 unspecified atom stereocenters. The summed E-state index contributed by atoms with van der Waals surface area (Å²) < 4.78 is 7.26. The molecule has 0 fully saturated rings. The number of carbonyl (C=O) groups is 1. The van der Waals surface area contributed by atoms with Crippen molar-refractivity contribution in [3.63, 3.8) is 0 Å². The van der Waals surface area contributed by atoms with Crippen LogP contribution >= 0.6 is 0 Å². The standard InChI is InChI=1S/C18H20N6O2/c1-13(25)23-8-5-9-24-16(12-23)10-15(21-24)11-19-18-20-17(26-22-18)14-6-3-2-4-7-14/h2-4,6-7,10H,5,8-9,11-12H2,1H3,(H,19,22). The molecule has 2 aromatic heterocycles. The summed E-state index contributed by atoms with van der Waals surface area (Å²) >= 11 is 0. The van der Waals surface area contributed by atoms with Crippen molar-refractivity contribution in [2.24, 2.45) is 0 Å². The summed E-state index contributed by atoms with van der Waals surface area (Å²) in [4.78, 5) is 17.9. The second kappa shape index (κ2) is 6.99. The molecule has 0 radical (unpaired) electrons. The van der Waals surface area contributed by atoms with Gasteiger partial charge in [-0.1, -0.05) is 18.2 Å². The van der Waals surface area contributed by atoms with Gasteiger partial charge in [-0.25, -0.2) is 0 Å². The Morgan fingerprint density at radius 1 is 1.27 bits per heavy atom. The minimum absolute atomic E-state index is 0.0968. The summed E-state index contributed by atoms with van der Waals surface area (Å²) in [6.45, 7) is 4.29. The van der Waals surface area contributed by atoms with Gasteiger partial charge in [0.25, 0.3) is 11.8 Å². The number of hydrogen-bond acceptors (Lipinski definition) is 6. The van der Waals surface area contributed by atoms with Crippen LogP contribution in [-0.2, 0) is 24.4 Å². The molecular formula is C18H20N6O2. The second-order valence-electron chi connectivity index (χ2n) is 6.29. The Hall–Kier alpha value is -3.16. The summed E-state index contributed by atoms with van der Waals surface area (Å²) in [5, 5.41) is 11.7. The van der Waals surface area contributed by atoms with Crippen molar-refractivity contribution in [1.82, 2.24) is 24.8 Å². The monoisotopic (exact) mass is 352 g/mol. The summed E-state index contributed by atoms with van der Waals surface area (Å²) in [6.07, 6.45) is 0.909. The van der Waals surface area contributed by atoms with Crippen LogP contribution in [0.2, 0.25) is 0 Å². The van der Waals surface area contributed by atoms with Gasteiger partial charge in [0.05, 0.1) is 24.5 Å². The van der Waals surface area contributed by atoms with Crippen LogP contribution in [0.5, 0.6) is 0 Å². The number of carbonyl (C=O) groups excluding carboxylic acids is 1. The van der Waals surface area contributed by atoms with Crippen LogP contribution in [0.3, 0.4) is 0 Å². The quantitative estimate of drug-likeness (QED) is 0.775. The first-order valence-corrected chi connectivity index (χ1v) is 8.63. The third kappa shape index (κ3) is 3.44. The van der Waals surface area contributed by atoms with Gasteiger partial charge in [0.2, 0.25) is 5.91 Å². The van der Waals surface area contributed by atoms with E-state index in [-0.39, 0.29) is 5.91 Å². The zero-order chi connectivity index (χ0) is 17.9. The number of anilines is 1. The fourth-order valence-corrected chi connectivity index (χ4v) is 3.04. The first-order valence-electron chi connectivity index (χ1n) is 8.63. The van der Waals surface area contributed by atoms with Crippen molar-refractivity contribution < 1.29 is 9.32 Å². The molecule has 1 amide bonds. The van der Waals surface area contributed by atoms with Crippen molar-refractivity contribution in [2.45, 2.75) is 33.0 Å². The molecule has 1 aliphatic heterocycles. The van der Waals surface area contributed by atoms with Crippen molar-refractivity contribution in [3.8, 4) is 11.5 Å². The second-order valence-corrected chi connectivity index (χ2v) is 6.29. The lowest BCUT2D eigenvalue weighted by atomic mass is 10.2. The van der Waals surface area contributed by atoms with E-state index in [0.29, 0.717) is 24.9 Å². The molecule has 26 heavy (non-hydrogen) atoms. The van der Waals surface area contributed by atoms with Gasteiger partial charge < -0.3 is 14.7 Å². The van der Waals surface area contributed by atoms with Crippen molar-refractivity contribution in [2.75, 3.05) is 11.9 Å². The Kier molecular flexibility index (Phi) is 4.39. The predicted molar refractivity (Wildman–Crippen MR) is 95.0 cm³/mol. The number of aromatic nitrogens is 4. The third-order valence-corrected chi connectivity index (χ3v) is 4.38. The van der Waals surface area contributed by atoms with E-state index in [4.69, 9.17) is 4.52 Å². The zero-order valence-electron chi connectivity index (χ0n) is 14.6. The summed E-state index contributed by atoms with van der Waals surface area (Å²) in [7, 11) is 0. The third-order valence-electron chi connectivity index (χ3n) is 4.38. The van der Waals surface area contributed by atoms with Crippen molar-refractivity contribution in [1.29, 1.82) is 0 Å². The number of amides is 1. The van der Waals surface area contributed by atoms with E-state index < -0.39 is 0 Å². The van der Waals surface area contributed by atoms with Gasteiger partial charge in [-0.3, -0.25) is 9.48 Å². The van der Waals surface area contributed by atoms with E-state index in [9.17, 15) is 4.79 Å². The minimum atomic E-state index is 0.0968. The molecule has 0 saturated heterocycles. The van der Waals surface area contributed by atoms with Gasteiger partial charge in [-0.05, 0) is 29.8 Å². The van der Waals surface area contributed by atoms with Crippen LogP contribution in [0.25, 0.3) is 11.5 Å². The smallest absolute Gasteiger partial charge is 0.264 e. The lowest BCUT2D eigenvalue weighted by Gasteiger charge is -2.17. The summed E-state index contributed by atoms with van der Waals surface area (Å²) in [5.41, 5.74) is 2.81. The minimum Gasteiger partial charge on any atom is -0.346 e. The number of aryl methyl sites for hydroxylation is 1. The fourth-order valence-electron chi connectivity index (χ4n) is 3.04.